The molecule has 0 saturated heterocycles. The van der Waals surface area contributed by atoms with E-state index in [1.54, 1.807) is 0 Å². The number of hydrogen-bond donors (Lipinski definition) is 2. The molecule has 6 nitrogen and oxygen atoms in total. The maximum atomic E-state index is 6.45. The van der Waals surface area contributed by atoms with Crippen molar-refractivity contribution >= 4 is 34.5 Å². The van der Waals surface area contributed by atoms with Gasteiger partial charge in [0.2, 0.25) is 6.79 Å². The zero-order valence-corrected chi connectivity index (χ0v) is 14.0. The zero-order valence-electron chi connectivity index (χ0n) is 13.3. The van der Waals surface area contributed by atoms with Crippen LogP contribution in [-0.2, 0) is 0 Å². The summed E-state index contributed by atoms with van der Waals surface area (Å²) in [5, 5.41) is 11.3. The Morgan fingerprint density at radius 2 is 1.88 bits per heavy atom. The smallest absolute Gasteiger partial charge is 0.231 e. The highest BCUT2D eigenvalue weighted by Crippen LogP contribution is 2.43. The molecule has 3 aromatic rings. The standard InChI is InChI=1S/C18H13ClN4O2/c1-9-16-18(23-22-9)20-13-7-15-14(24-8-25-15)6-11(13)17(21-16)10-4-2-3-5-12(10)19/h2-7H,8H2,1H3,(H2,20,22,23). The van der Waals surface area contributed by atoms with Crippen molar-refractivity contribution in [2.24, 2.45) is 4.99 Å². The van der Waals surface area contributed by atoms with Gasteiger partial charge in [-0.05, 0) is 19.1 Å². The van der Waals surface area contributed by atoms with Crippen LogP contribution in [0.4, 0.5) is 17.2 Å². The van der Waals surface area contributed by atoms with Gasteiger partial charge in [-0.3, -0.25) is 5.10 Å². The molecule has 124 valence electrons. The fourth-order valence-corrected chi connectivity index (χ4v) is 3.27. The van der Waals surface area contributed by atoms with Gasteiger partial charge in [-0.25, -0.2) is 4.99 Å². The largest absolute Gasteiger partial charge is 0.454 e. The van der Waals surface area contributed by atoms with Crippen LogP contribution in [0.15, 0.2) is 41.4 Å². The number of aliphatic imine (C=N–C) groups is 1. The lowest BCUT2D eigenvalue weighted by molar-refractivity contribution is 0.174. The van der Waals surface area contributed by atoms with Crippen molar-refractivity contribution in [1.29, 1.82) is 0 Å². The molecule has 0 amide bonds. The van der Waals surface area contributed by atoms with Crippen LogP contribution in [-0.4, -0.2) is 22.7 Å². The Hall–Kier alpha value is -2.99. The Kier molecular flexibility index (Phi) is 3.02. The third-order valence-electron chi connectivity index (χ3n) is 4.29. The molecule has 5 rings (SSSR count). The number of aromatic amines is 1. The number of nitrogens with zero attached hydrogens (tertiary/aromatic N) is 2. The van der Waals surface area contributed by atoms with Gasteiger partial charge in [-0.2, -0.15) is 5.10 Å². The van der Waals surface area contributed by atoms with Crippen LogP contribution in [0.1, 0.15) is 16.8 Å². The molecule has 7 heteroatoms. The van der Waals surface area contributed by atoms with Gasteiger partial charge in [-0.15, -0.1) is 0 Å². The highest BCUT2D eigenvalue weighted by Gasteiger charge is 2.26. The van der Waals surface area contributed by atoms with Crippen LogP contribution < -0.4 is 14.8 Å². The van der Waals surface area contributed by atoms with E-state index >= 15 is 0 Å². The summed E-state index contributed by atoms with van der Waals surface area (Å²) in [5.74, 6) is 2.05. The van der Waals surface area contributed by atoms with E-state index in [0.717, 1.165) is 33.9 Å². The van der Waals surface area contributed by atoms with Crippen LogP contribution in [0.2, 0.25) is 5.02 Å². The molecule has 1 aromatic heterocycles. The second kappa shape index (κ2) is 5.26. The highest BCUT2D eigenvalue weighted by molar-refractivity contribution is 6.36. The van der Waals surface area contributed by atoms with E-state index in [1.807, 2.05) is 43.3 Å². The molecule has 0 aliphatic carbocycles. The molecule has 2 aromatic carbocycles. The number of aryl methyl sites for hydroxylation is 1. The van der Waals surface area contributed by atoms with E-state index in [9.17, 15) is 0 Å². The Bertz CT molecular complexity index is 1040. The van der Waals surface area contributed by atoms with Crippen molar-refractivity contribution in [2.45, 2.75) is 6.92 Å². The van der Waals surface area contributed by atoms with Gasteiger partial charge in [0, 0.05) is 22.2 Å². The molecule has 3 heterocycles. The van der Waals surface area contributed by atoms with Gasteiger partial charge < -0.3 is 14.8 Å². The molecule has 25 heavy (non-hydrogen) atoms. The highest BCUT2D eigenvalue weighted by atomic mass is 35.5. The number of fused-ring (bicyclic) bond motifs is 3. The maximum Gasteiger partial charge on any atom is 0.231 e. The molecular formula is C18H13ClN4O2. The summed E-state index contributed by atoms with van der Waals surface area (Å²) in [6.07, 6.45) is 0. The van der Waals surface area contributed by atoms with Crippen LogP contribution in [0, 0.1) is 6.92 Å². The first-order chi connectivity index (χ1) is 12.2. The normalized spacial score (nSPS) is 14.2. The molecule has 2 aliphatic rings. The van der Waals surface area contributed by atoms with Gasteiger partial charge in [-0.1, -0.05) is 29.8 Å². The van der Waals surface area contributed by atoms with E-state index in [2.05, 4.69) is 15.5 Å². The number of rotatable bonds is 1. The second-order valence-corrected chi connectivity index (χ2v) is 6.27. The molecule has 2 aliphatic heterocycles. The molecule has 0 fully saturated rings. The lowest BCUT2D eigenvalue weighted by Gasteiger charge is -2.12. The topological polar surface area (TPSA) is 71.5 Å². The Balaban J connectivity index is 1.82. The van der Waals surface area contributed by atoms with Crippen LogP contribution >= 0.6 is 11.6 Å². The van der Waals surface area contributed by atoms with Gasteiger partial charge in [0.1, 0.15) is 5.69 Å². The van der Waals surface area contributed by atoms with E-state index in [-0.39, 0.29) is 6.79 Å². The summed E-state index contributed by atoms with van der Waals surface area (Å²) in [5.41, 5.74) is 4.96. The number of H-pyrrole nitrogens is 1. The fraction of sp³-hybridized carbons (Fsp3) is 0.111. The summed E-state index contributed by atoms with van der Waals surface area (Å²) in [7, 11) is 0. The average Bonchev–Trinajstić information content (AvgIpc) is 3.16. The van der Waals surface area contributed by atoms with E-state index in [4.69, 9.17) is 26.1 Å². The van der Waals surface area contributed by atoms with E-state index < -0.39 is 0 Å². The lowest BCUT2D eigenvalue weighted by Crippen LogP contribution is -2.06. The number of halogens is 1. The Morgan fingerprint density at radius 3 is 2.72 bits per heavy atom. The minimum absolute atomic E-state index is 0.212. The fourth-order valence-electron chi connectivity index (χ4n) is 3.05. The second-order valence-electron chi connectivity index (χ2n) is 5.86. The predicted octanol–water partition coefficient (Wildman–Crippen LogP) is 4.33. The summed E-state index contributed by atoms with van der Waals surface area (Å²) in [6, 6.07) is 11.5. The molecule has 0 saturated carbocycles. The summed E-state index contributed by atoms with van der Waals surface area (Å²) < 4.78 is 11.0. The third kappa shape index (κ3) is 2.18. The van der Waals surface area contributed by atoms with Gasteiger partial charge in [0.05, 0.1) is 17.1 Å². The van der Waals surface area contributed by atoms with Gasteiger partial charge >= 0.3 is 0 Å². The SMILES string of the molecule is Cc1[nH]nc2c1N=C(c1ccccc1Cl)c1cc3c(cc1N2)OCO3. The quantitative estimate of drug-likeness (QED) is 0.535. The summed E-state index contributed by atoms with van der Waals surface area (Å²) in [4.78, 5) is 4.88. The Morgan fingerprint density at radius 1 is 1.08 bits per heavy atom. The number of aromatic nitrogens is 2. The molecule has 2 N–H and O–H groups in total. The minimum Gasteiger partial charge on any atom is -0.454 e. The van der Waals surface area contributed by atoms with Crippen LogP contribution in [0.3, 0.4) is 0 Å². The third-order valence-corrected chi connectivity index (χ3v) is 4.62. The minimum atomic E-state index is 0.212. The van der Waals surface area contributed by atoms with Crippen LogP contribution in [0.5, 0.6) is 11.5 Å². The molecule has 0 bridgehead atoms. The number of anilines is 2. The predicted molar refractivity (Wildman–Crippen MR) is 95.9 cm³/mol. The first kappa shape index (κ1) is 14.4. The number of benzene rings is 2. The Labute approximate surface area is 148 Å². The number of ether oxygens (including phenoxy) is 2. The molecule has 0 radical (unpaired) electrons. The van der Waals surface area contributed by atoms with Crippen molar-refractivity contribution < 1.29 is 9.47 Å². The van der Waals surface area contributed by atoms with E-state index in [1.165, 1.54) is 0 Å². The molecule has 0 atom stereocenters. The summed E-state index contributed by atoms with van der Waals surface area (Å²) in [6.45, 7) is 2.15. The van der Waals surface area contributed by atoms with Crippen molar-refractivity contribution in [2.75, 3.05) is 12.1 Å². The first-order valence-corrected chi connectivity index (χ1v) is 8.18. The van der Waals surface area contributed by atoms with E-state index in [0.29, 0.717) is 22.3 Å². The molecule has 0 spiro atoms. The van der Waals surface area contributed by atoms with Crippen molar-refractivity contribution in [3.05, 3.63) is 58.2 Å². The van der Waals surface area contributed by atoms with Crippen molar-refractivity contribution in [3.63, 3.8) is 0 Å². The zero-order chi connectivity index (χ0) is 17.0. The van der Waals surface area contributed by atoms with Crippen molar-refractivity contribution in [1.82, 2.24) is 10.2 Å². The van der Waals surface area contributed by atoms with Gasteiger partial charge in [0.25, 0.3) is 0 Å². The first-order valence-electron chi connectivity index (χ1n) is 7.80. The molecular weight excluding hydrogens is 340 g/mol. The number of nitrogens with one attached hydrogen (secondary N) is 2. The van der Waals surface area contributed by atoms with Gasteiger partial charge in [0.15, 0.2) is 17.3 Å². The average molecular weight is 353 g/mol. The van der Waals surface area contributed by atoms with Crippen molar-refractivity contribution in [3.8, 4) is 11.5 Å². The lowest BCUT2D eigenvalue weighted by atomic mass is 10.00. The maximum absolute atomic E-state index is 6.45. The number of hydrogen-bond acceptors (Lipinski definition) is 5. The van der Waals surface area contributed by atoms with Crippen LogP contribution in [0.25, 0.3) is 0 Å². The summed E-state index contributed by atoms with van der Waals surface area (Å²) >= 11 is 6.45. The molecule has 0 unspecified atom stereocenters. The monoisotopic (exact) mass is 352 g/mol.